The van der Waals surface area contributed by atoms with Crippen molar-refractivity contribution in [3.8, 4) is 22.8 Å². The Morgan fingerprint density at radius 1 is 1.00 bits per heavy atom. The minimum absolute atomic E-state index is 0.0266. The maximum absolute atomic E-state index is 13.2. The first-order valence-electron chi connectivity index (χ1n) is 8.42. The number of hydrogen-bond acceptors (Lipinski definition) is 5. The van der Waals surface area contributed by atoms with Crippen molar-refractivity contribution in [1.82, 2.24) is 9.97 Å². The molecular formula is C20H15F2N3O3. The van der Waals surface area contributed by atoms with Crippen LogP contribution in [0.25, 0.3) is 11.3 Å². The van der Waals surface area contributed by atoms with Crippen molar-refractivity contribution >= 4 is 11.7 Å². The molecule has 0 spiro atoms. The second kappa shape index (κ2) is 6.56. The van der Waals surface area contributed by atoms with Crippen LogP contribution in [0, 0.1) is 13.8 Å². The molecule has 6 nitrogen and oxygen atoms in total. The highest BCUT2D eigenvalue weighted by atomic mass is 19.3. The zero-order valence-electron chi connectivity index (χ0n) is 15.0. The molecule has 1 amide bonds. The molecule has 0 saturated carbocycles. The number of nitrogens with one attached hydrogen (secondary N) is 1. The molecule has 4 rings (SSSR count). The quantitative estimate of drug-likeness (QED) is 0.729. The Morgan fingerprint density at radius 3 is 2.39 bits per heavy atom. The minimum atomic E-state index is -3.68. The first kappa shape index (κ1) is 17.8. The van der Waals surface area contributed by atoms with Crippen LogP contribution in [0.4, 0.5) is 14.6 Å². The summed E-state index contributed by atoms with van der Waals surface area (Å²) in [7, 11) is 0. The smallest absolute Gasteiger partial charge is 0.395 e. The standard InChI is InChI=1S/C20H15F2N3O3/c1-11-5-3-4-6-13(11)19(26)25-18-10-23-15(9-24-18)14-8-17-16(7-12(14)2)27-20(21,22)28-17/h3-10H,1-2H3,(H,24,25,26). The third-order valence-corrected chi connectivity index (χ3v) is 4.31. The van der Waals surface area contributed by atoms with E-state index in [1.54, 1.807) is 19.1 Å². The van der Waals surface area contributed by atoms with Crippen LogP contribution in [-0.2, 0) is 0 Å². The molecule has 2 heterocycles. The number of ether oxygens (including phenoxy) is 2. The van der Waals surface area contributed by atoms with Crippen molar-refractivity contribution < 1.29 is 23.0 Å². The van der Waals surface area contributed by atoms with Gasteiger partial charge >= 0.3 is 6.29 Å². The normalized spacial score (nSPS) is 14.0. The number of alkyl halides is 2. The van der Waals surface area contributed by atoms with Crippen molar-refractivity contribution in [1.29, 1.82) is 0 Å². The predicted molar refractivity (Wildman–Crippen MR) is 97.5 cm³/mol. The van der Waals surface area contributed by atoms with Gasteiger partial charge in [-0.3, -0.25) is 9.78 Å². The first-order chi connectivity index (χ1) is 13.3. The molecule has 1 aliphatic rings. The van der Waals surface area contributed by atoms with E-state index in [-0.39, 0.29) is 23.2 Å². The van der Waals surface area contributed by atoms with Crippen molar-refractivity contribution in [3.63, 3.8) is 0 Å². The maximum Gasteiger partial charge on any atom is 0.586 e. The van der Waals surface area contributed by atoms with E-state index in [0.29, 0.717) is 22.4 Å². The van der Waals surface area contributed by atoms with Gasteiger partial charge in [0.1, 0.15) is 0 Å². The van der Waals surface area contributed by atoms with Gasteiger partial charge in [-0.05, 0) is 43.2 Å². The second-order valence-electron chi connectivity index (χ2n) is 6.34. The summed E-state index contributed by atoms with van der Waals surface area (Å²) >= 11 is 0. The van der Waals surface area contributed by atoms with Crippen molar-refractivity contribution in [2.45, 2.75) is 20.1 Å². The van der Waals surface area contributed by atoms with Crippen LogP contribution in [0.1, 0.15) is 21.5 Å². The monoisotopic (exact) mass is 383 g/mol. The van der Waals surface area contributed by atoms with Crippen LogP contribution in [0.5, 0.6) is 11.5 Å². The molecule has 2 aromatic carbocycles. The number of halogens is 2. The molecule has 0 saturated heterocycles. The molecule has 0 unspecified atom stereocenters. The van der Waals surface area contributed by atoms with E-state index in [1.807, 2.05) is 19.1 Å². The Hall–Kier alpha value is -3.55. The molecule has 0 fully saturated rings. The lowest BCUT2D eigenvalue weighted by Gasteiger charge is -2.09. The van der Waals surface area contributed by atoms with Crippen LogP contribution in [0.15, 0.2) is 48.8 Å². The van der Waals surface area contributed by atoms with E-state index in [9.17, 15) is 13.6 Å². The first-order valence-corrected chi connectivity index (χ1v) is 8.42. The van der Waals surface area contributed by atoms with Gasteiger partial charge in [-0.15, -0.1) is 8.78 Å². The average Bonchev–Trinajstić information content (AvgIpc) is 2.95. The van der Waals surface area contributed by atoms with Crippen LogP contribution in [0.3, 0.4) is 0 Å². The number of nitrogens with zero attached hydrogens (tertiary/aromatic N) is 2. The van der Waals surface area contributed by atoms with Crippen LogP contribution < -0.4 is 14.8 Å². The van der Waals surface area contributed by atoms with E-state index in [0.717, 1.165) is 5.56 Å². The lowest BCUT2D eigenvalue weighted by atomic mass is 10.1. The lowest BCUT2D eigenvalue weighted by molar-refractivity contribution is -0.286. The highest BCUT2D eigenvalue weighted by Gasteiger charge is 2.43. The number of carbonyl (C=O) groups is 1. The highest BCUT2D eigenvalue weighted by molar-refractivity contribution is 6.04. The third-order valence-electron chi connectivity index (χ3n) is 4.31. The summed E-state index contributed by atoms with van der Waals surface area (Å²) in [6.45, 7) is 3.58. The molecule has 1 N–H and O–H groups in total. The van der Waals surface area contributed by atoms with Gasteiger partial charge < -0.3 is 14.8 Å². The van der Waals surface area contributed by atoms with Crippen molar-refractivity contribution in [3.05, 3.63) is 65.5 Å². The molecule has 28 heavy (non-hydrogen) atoms. The van der Waals surface area contributed by atoms with Gasteiger partial charge in [-0.2, -0.15) is 0 Å². The number of hydrogen-bond donors (Lipinski definition) is 1. The van der Waals surface area contributed by atoms with Gasteiger partial charge in [0.25, 0.3) is 5.91 Å². The molecule has 0 atom stereocenters. The van der Waals surface area contributed by atoms with Crippen LogP contribution in [-0.4, -0.2) is 22.2 Å². The van der Waals surface area contributed by atoms with Crippen LogP contribution in [0.2, 0.25) is 0 Å². The molecule has 3 aromatic rings. The summed E-state index contributed by atoms with van der Waals surface area (Å²) in [5, 5.41) is 2.69. The number of anilines is 1. The predicted octanol–water partition coefficient (Wildman–Crippen LogP) is 4.33. The zero-order valence-corrected chi connectivity index (χ0v) is 15.0. The lowest BCUT2D eigenvalue weighted by Crippen LogP contribution is -2.25. The fourth-order valence-corrected chi connectivity index (χ4v) is 2.92. The number of rotatable bonds is 3. The molecule has 0 bridgehead atoms. The molecule has 0 aliphatic carbocycles. The van der Waals surface area contributed by atoms with Gasteiger partial charge in [-0.25, -0.2) is 4.98 Å². The number of carbonyl (C=O) groups excluding carboxylic acids is 1. The molecule has 1 aliphatic heterocycles. The van der Waals surface area contributed by atoms with Gasteiger partial charge in [0, 0.05) is 11.1 Å². The number of amides is 1. The number of benzene rings is 2. The Morgan fingerprint density at radius 2 is 1.71 bits per heavy atom. The van der Waals surface area contributed by atoms with Gasteiger partial charge in [0.2, 0.25) is 0 Å². The van der Waals surface area contributed by atoms with E-state index >= 15 is 0 Å². The summed E-state index contributed by atoms with van der Waals surface area (Å²) in [6, 6.07) is 10.1. The van der Waals surface area contributed by atoms with Crippen molar-refractivity contribution in [2.75, 3.05) is 5.32 Å². The highest BCUT2D eigenvalue weighted by Crippen LogP contribution is 2.44. The van der Waals surface area contributed by atoms with Gasteiger partial charge in [-0.1, -0.05) is 18.2 Å². The summed E-state index contributed by atoms with van der Waals surface area (Å²) in [4.78, 5) is 20.8. The zero-order chi connectivity index (χ0) is 19.9. The van der Waals surface area contributed by atoms with Crippen molar-refractivity contribution in [2.24, 2.45) is 0 Å². The minimum Gasteiger partial charge on any atom is -0.395 e. The van der Waals surface area contributed by atoms with E-state index in [2.05, 4.69) is 24.8 Å². The Balaban J connectivity index is 1.56. The summed E-state index contributed by atoms with van der Waals surface area (Å²) in [5.74, 6) is -0.103. The number of aryl methyl sites for hydroxylation is 2. The molecule has 142 valence electrons. The second-order valence-corrected chi connectivity index (χ2v) is 6.34. The fraction of sp³-hybridized carbons (Fsp3) is 0.150. The summed E-state index contributed by atoms with van der Waals surface area (Å²) in [5.41, 5.74) is 3.08. The Labute approximate surface area is 159 Å². The van der Waals surface area contributed by atoms with E-state index in [1.165, 1.54) is 24.5 Å². The Kier molecular flexibility index (Phi) is 4.18. The van der Waals surface area contributed by atoms with Gasteiger partial charge in [0.05, 0.1) is 18.1 Å². The number of fused-ring (bicyclic) bond motifs is 1. The van der Waals surface area contributed by atoms with E-state index in [4.69, 9.17) is 0 Å². The maximum atomic E-state index is 13.2. The van der Waals surface area contributed by atoms with Crippen LogP contribution >= 0.6 is 0 Å². The average molecular weight is 383 g/mol. The number of aromatic nitrogens is 2. The molecule has 1 aromatic heterocycles. The third kappa shape index (κ3) is 3.36. The molecule has 0 radical (unpaired) electrons. The summed E-state index contributed by atoms with van der Waals surface area (Å²) in [6.07, 6.45) is -0.816. The van der Waals surface area contributed by atoms with Gasteiger partial charge in [0.15, 0.2) is 17.3 Å². The summed E-state index contributed by atoms with van der Waals surface area (Å²) < 4.78 is 35.4. The molecular weight excluding hydrogens is 368 g/mol. The molecule has 8 heteroatoms. The Bertz CT molecular complexity index is 1070. The topological polar surface area (TPSA) is 73.3 Å². The SMILES string of the molecule is Cc1ccccc1C(=O)Nc1cnc(-c2cc3c(cc2C)OC(F)(F)O3)cn1. The largest absolute Gasteiger partial charge is 0.586 e. The van der Waals surface area contributed by atoms with E-state index < -0.39 is 6.29 Å². The fourth-order valence-electron chi connectivity index (χ4n) is 2.92.